The van der Waals surface area contributed by atoms with Gasteiger partial charge in [-0.15, -0.1) is 0 Å². The zero-order valence-corrected chi connectivity index (χ0v) is 8.70. The molecule has 0 unspecified atom stereocenters. The zero-order chi connectivity index (χ0) is 12.1. The minimum absolute atomic E-state index is 0.0202. The van der Waals surface area contributed by atoms with Gasteiger partial charge in [-0.3, -0.25) is 0 Å². The van der Waals surface area contributed by atoms with E-state index in [0.717, 1.165) is 0 Å². The molecular formula is C10H11F2N3O. The fourth-order valence-electron chi connectivity index (χ4n) is 1.32. The third kappa shape index (κ3) is 2.44. The van der Waals surface area contributed by atoms with Crippen LogP contribution in [0.3, 0.4) is 0 Å². The molecule has 6 heteroatoms. The summed E-state index contributed by atoms with van der Waals surface area (Å²) in [6, 6.07) is 3.14. The van der Waals surface area contributed by atoms with Gasteiger partial charge in [-0.25, -0.2) is 13.8 Å². The van der Waals surface area contributed by atoms with E-state index in [2.05, 4.69) is 4.98 Å². The lowest BCUT2D eigenvalue weighted by Crippen LogP contribution is -2.07. The zero-order valence-electron chi connectivity index (χ0n) is 8.70. The van der Waals surface area contributed by atoms with Crippen molar-refractivity contribution in [2.75, 3.05) is 7.11 Å². The van der Waals surface area contributed by atoms with Gasteiger partial charge in [0.25, 0.3) is 6.43 Å². The van der Waals surface area contributed by atoms with Crippen molar-refractivity contribution in [2.24, 2.45) is 5.73 Å². The summed E-state index contributed by atoms with van der Waals surface area (Å²) in [7, 11) is 1.26. The number of pyridine rings is 1. The van der Waals surface area contributed by atoms with Crippen LogP contribution in [0, 0.1) is 11.3 Å². The number of hydrogen-bond donors (Lipinski definition) is 1. The molecule has 2 N–H and O–H groups in total. The number of rotatable bonds is 4. The van der Waals surface area contributed by atoms with Gasteiger partial charge in [0.2, 0.25) is 5.88 Å². The van der Waals surface area contributed by atoms with Gasteiger partial charge in [0.05, 0.1) is 30.9 Å². The molecule has 0 amide bonds. The van der Waals surface area contributed by atoms with Crippen LogP contribution in [-0.4, -0.2) is 12.1 Å². The highest BCUT2D eigenvalue weighted by molar-refractivity contribution is 5.36. The lowest BCUT2D eigenvalue weighted by Gasteiger charge is -2.11. The molecule has 0 saturated heterocycles. The SMILES string of the molecule is COc1nc(CC#N)c(CN)cc1C(F)F. The Morgan fingerprint density at radius 3 is 2.75 bits per heavy atom. The number of aromatic nitrogens is 1. The smallest absolute Gasteiger partial charge is 0.269 e. The van der Waals surface area contributed by atoms with Crippen LogP contribution >= 0.6 is 0 Å². The number of nitrogens with zero attached hydrogens (tertiary/aromatic N) is 2. The maximum absolute atomic E-state index is 12.6. The number of hydrogen-bond acceptors (Lipinski definition) is 4. The van der Waals surface area contributed by atoms with E-state index in [0.29, 0.717) is 11.3 Å². The minimum atomic E-state index is -2.68. The Kier molecular flexibility index (Phi) is 4.14. The predicted molar refractivity (Wildman–Crippen MR) is 53.0 cm³/mol. The highest BCUT2D eigenvalue weighted by Gasteiger charge is 2.18. The van der Waals surface area contributed by atoms with E-state index in [9.17, 15) is 8.78 Å². The van der Waals surface area contributed by atoms with E-state index in [1.54, 1.807) is 0 Å². The second-order valence-electron chi connectivity index (χ2n) is 3.03. The number of nitrogens with two attached hydrogens (primary N) is 1. The average molecular weight is 227 g/mol. The minimum Gasteiger partial charge on any atom is -0.481 e. The van der Waals surface area contributed by atoms with Gasteiger partial charge in [-0.2, -0.15) is 5.26 Å². The second-order valence-corrected chi connectivity index (χ2v) is 3.03. The maximum atomic E-state index is 12.6. The molecule has 0 aromatic carbocycles. The van der Waals surface area contributed by atoms with Crippen LogP contribution in [0.4, 0.5) is 8.78 Å². The fourth-order valence-corrected chi connectivity index (χ4v) is 1.32. The molecule has 1 heterocycles. The van der Waals surface area contributed by atoms with Crippen LogP contribution < -0.4 is 10.5 Å². The van der Waals surface area contributed by atoms with Crippen molar-refractivity contribution >= 4 is 0 Å². The molecule has 1 aromatic rings. The Morgan fingerprint density at radius 1 is 1.62 bits per heavy atom. The summed E-state index contributed by atoms with van der Waals surface area (Å²) < 4.78 is 30.0. The first kappa shape index (κ1) is 12.3. The molecule has 0 aliphatic carbocycles. The van der Waals surface area contributed by atoms with Crippen molar-refractivity contribution in [1.82, 2.24) is 4.98 Å². The Morgan fingerprint density at radius 2 is 2.31 bits per heavy atom. The van der Waals surface area contributed by atoms with E-state index >= 15 is 0 Å². The Labute approximate surface area is 91.7 Å². The second kappa shape index (κ2) is 5.37. The van der Waals surface area contributed by atoms with Crippen LogP contribution in [0.1, 0.15) is 23.2 Å². The molecule has 86 valence electrons. The third-order valence-corrected chi connectivity index (χ3v) is 2.08. The van der Waals surface area contributed by atoms with Crippen LogP contribution in [-0.2, 0) is 13.0 Å². The van der Waals surface area contributed by atoms with Crippen molar-refractivity contribution in [3.05, 3.63) is 22.9 Å². The summed E-state index contributed by atoms with van der Waals surface area (Å²) >= 11 is 0. The van der Waals surface area contributed by atoms with Crippen LogP contribution in [0.5, 0.6) is 5.88 Å². The van der Waals surface area contributed by atoms with Gasteiger partial charge in [0.15, 0.2) is 0 Å². The highest BCUT2D eigenvalue weighted by Crippen LogP contribution is 2.29. The lowest BCUT2D eigenvalue weighted by molar-refractivity contribution is 0.146. The molecule has 4 nitrogen and oxygen atoms in total. The number of nitriles is 1. The molecule has 0 aliphatic heterocycles. The summed E-state index contributed by atoms with van der Waals surface area (Å²) in [5, 5.41) is 8.56. The van der Waals surface area contributed by atoms with Gasteiger partial charge in [-0.1, -0.05) is 0 Å². The predicted octanol–water partition coefficient (Wildman–Crippen LogP) is 1.55. The van der Waals surface area contributed by atoms with Gasteiger partial charge in [-0.05, 0) is 11.6 Å². The van der Waals surface area contributed by atoms with Crippen LogP contribution in [0.25, 0.3) is 0 Å². The normalized spacial score (nSPS) is 10.2. The third-order valence-electron chi connectivity index (χ3n) is 2.08. The van der Waals surface area contributed by atoms with Gasteiger partial charge < -0.3 is 10.5 Å². The Bertz CT molecular complexity index is 415. The maximum Gasteiger partial charge on any atom is 0.269 e. The van der Waals surface area contributed by atoms with E-state index in [-0.39, 0.29) is 24.4 Å². The Hall–Kier alpha value is -1.74. The van der Waals surface area contributed by atoms with Crippen molar-refractivity contribution in [1.29, 1.82) is 5.26 Å². The summed E-state index contributed by atoms with van der Waals surface area (Å²) in [5.74, 6) is -0.155. The monoisotopic (exact) mass is 227 g/mol. The van der Waals surface area contributed by atoms with Crippen molar-refractivity contribution in [2.45, 2.75) is 19.4 Å². The molecule has 0 atom stereocenters. The molecule has 0 bridgehead atoms. The molecular weight excluding hydrogens is 216 g/mol. The molecule has 0 aliphatic rings. The van der Waals surface area contributed by atoms with Crippen molar-refractivity contribution < 1.29 is 13.5 Å². The summed E-state index contributed by atoms with van der Waals surface area (Å²) in [6.45, 7) is 0.0632. The fraction of sp³-hybridized carbons (Fsp3) is 0.400. The van der Waals surface area contributed by atoms with Crippen LogP contribution in [0.2, 0.25) is 0 Å². The topological polar surface area (TPSA) is 71.9 Å². The molecule has 0 spiro atoms. The number of alkyl halides is 2. The Balaban J connectivity index is 3.29. The lowest BCUT2D eigenvalue weighted by atomic mass is 10.1. The van der Waals surface area contributed by atoms with E-state index in [1.807, 2.05) is 6.07 Å². The van der Waals surface area contributed by atoms with Crippen molar-refractivity contribution in [3.63, 3.8) is 0 Å². The summed E-state index contributed by atoms with van der Waals surface area (Å²) in [5.41, 5.74) is 5.93. The number of halogens is 2. The quantitative estimate of drug-likeness (QED) is 0.847. The molecule has 16 heavy (non-hydrogen) atoms. The van der Waals surface area contributed by atoms with Gasteiger partial charge in [0.1, 0.15) is 0 Å². The van der Waals surface area contributed by atoms with Crippen molar-refractivity contribution in [3.8, 4) is 11.9 Å². The van der Waals surface area contributed by atoms with E-state index in [4.69, 9.17) is 15.7 Å². The van der Waals surface area contributed by atoms with E-state index in [1.165, 1.54) is 13.2 Å². The first-order valence-corrected chi connectivity index (χ1v) is 4.55. The number of methoxy groups -OCH3 is 1. The van der Waals surface area contributed by atoms with Gasteiger partial charge >= 0.3 is 0 Å². The van der Waals surface area contributed by atoms with Gasteiger partial charge in [0, 0.05) is 6.54 Å². The standard InChI is InChI=1S/C10H11F2N3O/c1-16-10-7(9(11)12)4-6(5-14)8(15-10)2-3-13/h4,9H,2,5,14H2,1H3. The van der Waals surface area contributed by atoms with Crippen LogP contribution in [0.15, 0.2) is 6.07 Å². The molecule has 0 fully saturated rings. The summed E-state index contributed by atoms with van der Waals surface area (Å²) in [6.07, 6.45) is -2.66. The average Bonchev–Trinajstić information content (AvgIpc) is 2.28. The molecule has 0 radical (unpaired) electrons. The molecule has 1 rings (SSSR count). The largest absolute Gasteiger partial charge is 0.481 e. The first-order chi connectivity index (χ1) is 7.63. The molecule has 0 saturated carbocycles. The number of ether oxygens (including phenoxy) is 1. The first-order valence-electron chi connectivity index (χ1n) is 4.55. The molecule has 1 aromatic heterocycles. The summed E-state index contributed by atoms with van der Waals surface area (Å²) in [4.78, 5) is 3.87. The van der Waals surface area contributed by atoms with E-state index < -0.39 is 6.43 Å². The highest BCUT2D eigenvalue weighted by atomic mass is 19.3.